The molecule has 0 spiro atoms. The van der Waals surface area contributed by atoms with E-state index in [9.17, 15) is 14.0 Å². The summed E-state index contributed by atoms with van der Waals surface area (Å²) in [5.74, 6) is -0.429. The zero-order valence-electron chi connectivity index (χ0n) is 15.0. The number of hydrogen-bond acceptors (Lipinski definition) is 4. The first-order valence-corrected chi connectivity index (χ1v) is 8.08. The summed E-state index contributed by atoms with van der Waals surface area (Å²) in [5.41, 5.74) is 1.94. The highest BCUT2D eigenvalue weighted by atomic mass is 19.1. The van der Waals surface area contributed by atoms with Gasteiger partial charge in [-0.1, -0.05) is 12.1 Å². The van der Waals surface area contributed by atoms with Crippen LogP contribution in [0, 0.1) is 12.7 Å². The molecule has 0 saturated heterocycles. The van der Waals surface area contributed by atoms with E-state index in [1.807, 2.05) is 13.0 Å². The van der Waals surface area contributed by atoms with Crippen molar-refractivity contribution in [2.75, 3.05) is 37.9 Å². The quantitative estimate of drug-likeness (QED) is 0.797. The van der Waals surface area contributed by atoms with E-state index >= 15 is 0 Å². The van der Waals surface area contributed by atoms with Crippen molar-refractivity contribution in [1.29, 1.82) is 0 Å². The molecule has 0 aliphatic rings. The Morgan fingerprint density at radius 3 is 2.62 bits per heavy atom. The Labute approximate surface area is 152 Å². The molecular formula is C19H22FN3O3. The Bertz CT molecular complexity index is 793. The summed E-state index contributed by atoms with van der Waals surface area (Å²) in [6.07, 6.45) is 0. The number of nitrogens with one attached hydrogen (secondary N) is 2. The zero-order chi connectivity index (χ0) is 19.1. The molecule has 2 amide bonds. The second-order valence-electron chi connectivity index (χ2n) is 5.99. The van der Waals surface area contributed by atoms with E-state index in [0.717, 1.165) is 5.56 Å². The first-order valence-electron chi connectivity index (χ1n) is 8.08. The van der Waals surface area contributed by atoms with Gasteiger partial charge in [0.25, 0.3) is 5.91 Å². The zero-order valence-corrected chi connectivity index (χ0v) is 15.0. The standard InChI is InChI=1S/C19H22FN3O3/c1-13-7-8-16(17(9-13)26-12-19(25)23(2)3)21-11-18(24)22-15-6-4-5-14(20)10-15/h4-10,21H,11-12H2,1-3H3,(H,22,24). The maximum absolute atomic E-state index is 13.2. The summed E-state index contributed by atoms with van der Waals surface area (Å²) in [6, 6.07) is 11.1. The lowest BCUT2D eigenvalue weighted by atomic mass is 10.2. The van der Waals surface area contributed by atoms with Crippen LogP contribution >= 0.6 is 0 Å². The van der Waals surface area contributed by atoms with Crippen LogP contribution in [0.25, 0.3) is 0 Å². The molecule has 0 heterocycles. The number of ether oxygens (including phenoxy) is 1. The number of aryl methyl sites for hydroxylation is 1. The number of anilines is 2. The number of rotatable bonds is 7. The molecule has 138 valence electrons. The number of amides is 2. The Kier molecular flexibility index (Phi) is 6.54. The minimum atomic E-state index is -0.421. The third-order valence-electron chi connectivity index (χ3n) is 3.53. The monoisotopic (exact) mass is 359 g/mol. The molecule has 0 unspecified atom stereocenters. The lowest BCUT2D eigenvalue weighted by molar-refractivity contribution is -0.130. The summed E-state index contributed by atoms with van der Waals surface area (Å²) in [4.78, 5) is 25.2. The average molecular weight is 359 g/mol. The Morgan fingerprint density at radius 2 is 1.92 bits per heavy atom. The molecule has 0 saturated carbocycles. The number of likely N-dealkylation sites (N-methyl/N-ethyl adjacent to an activating group) is 1. The largest absolute Gasteiger partial charge is 0.482 e. The topological polar surface area (TPSA) is 70.7 Å². The molecule has 2 N–H and O–H groups in total. The molecule has 0 fully saturated rings. The van der Waals surface area contributed by atoms with E-state index in [4.69, 9.17) is 4.74 Å². The van der Waals surface area contributed by atoms with Crippen LogP contribution in [0.15, 0.2) is 42.5 Å². The number of carbonyl (C=O) groups is 2. The van der Waals surface area contributed by atoms with Crippen molar-refractivity contribution in [3.05, 3.63) is 53.8 Å². The van der Waals surface area contributed by atoms with Gasteiger partial charge in [-0.25, -0.2) is 4.39 Å². The number of carbonyl (C=O) groups excluding carboxylic acids is 2. The second-order valence-corrected chi connectivity index (χ2v) is 5.99. The minimum Gasteiger partial charge on any atom is -0.482 e. The highest BCUT2D eigenvalue weighted by molar-refractivity contribution is 5.94. The summed E-state index contributed by atoms with van der Waals surface area (Å²) in [5, 5.41) is 5.58. The van der Waals surface area contributed by atoms with Crippen LogP contribution in [-0.2, 0) is 9.59 Å². The van der Waals surface area contributed by atoms with Gasteiger partial charge < -0.3 is 20.3 Å². The van der Waals surface area contributed by atoms with Crippen molar-refractivity contribution in [1.82, 2.24) is 4.90 Å². The smallest absolute Gasteiger partial charge is 0.259 e. The Morgan fingerprint density at radius 1 is 1.15 bits per heavy atom. The summed E-state index contributed by atoms with van der Waals surface area (Å²) >= 11 is 0. The van der Waals surface area contributed by atoms with Crippen LogP contribution in [0.5, 0.6) is 5.75 Å². The SMILES string of the molecule is Cc1ccc(NCC(=O)Nc2cccc(F)c2)c(OCC(=O)N(C)C)c1. The Balaban J connectivity index is 1.97. The van der Waals surface area contributed by atoms with Crippen molar-refractivity contribution >= 4 is 23.2 Å². The van der Waals surface area contributed by atoms with Crippen molar-refractivity contribution in [3.8, 4) is 5.75 Å². The fourth-order valence-electron chi connectivity index (χ4n) is 2.11. The summed E-state index contributed by atoms with van der Waals surface area (Å²) in [6.45, 7) is 1.78. The molecule has 2 aromatic carbocycles. The molecular weight excluding hydrogens is 337 g/mol. The van der Waals surface area contributed by atoms with Gasteiger partial charge in [0.1, 0.15) is 11.6 Å². The minimum absolute atomic E-state index is 0.0302. The first kappa shape index (κ1) is 19.2. The first-order chi connectivity index (χ1) is 12.3. The van der Waals surface area contributed by atoms with Crippen LogP contribution < -0.4 is 15.4 Å². The van der Waals surface area contributed by atoms with Crippen LogP contribution in [-0.4, -0.2) is 44.0 Å². The van der Waals surface area contributed by atoms with E-state index < -0.39 is 5.82 Å². The molecule has 6 nitrogen and oxygen atoms in total. The molecule has 0 bridgehead atoms. The van der Waals surface area contributed by atoms with E-state index in [2.05, 4.69) is 10.6 Å². The van der Waals surface area contributed by atoms with Gasteiger partial charge in [0.15, 0.2) is 6.61 Å². The molecule has 0 atom stereocenters. The maximum atomic E-state index is 13.2. The van der Waals surface area contributed by atoms with E-state index in [0.29, 0.717) is 17.1 Å². The van der Waals surface area contributed by atoms with Crippen LogP contribution in [0.4, 0.5) is 15.8 Å². The van der Waals surface area contributed by atoms with Crippen molar-refractivity contribution < 1.29 is 18.7 Å². The molecule has 0 radical (unpaired) electrons. The molecule has 2 rings (SSSR count). The number of benzene rings is 2. The molecule has 0 aliphatic heterocycles. The lowest BCUT2D eigenvalue weighted by Gasteiger charge is -2.15. The van der Waals surface area contributed by atoms with E-state index in [1.165, 1.54) is 23.1 Å². The summed E-state index contributed by atoms with van der Waals surface area (Å²) < 4.78 is 18.7. The van der Waals surface area contributed by atoms with Crippen molar-refractivity contribution in [2.45, 2.75) is 6.92 Å². The van der Waals surface area contributed by atoms with Gasteiger partial charge in [0.05, 0.1) is 12.2 Å². The number of halogens is 1. The normalized spacial score (nSPS) is 10.2. The fourth-order valence-corrected chi connectivity index (χ4v) is 2.11. The van der Waals surface area contributed by atoms with Gasteiger partial charge in [-0.3, -0.25) is 9.59 Å². The molecule has 2 aromatic rings. The molecule has 26 heavy (non-hydrogen) atoms. The van der Waals surface area contributed by atoms with Gasteiger partial charge in [-0.05, 0) is 42.8 Å². The van der Waals surface area contributed by atoms with Crippen molar-refractivity contribution in [3.63, 3.8) is 0 Å². The van der Waals surface area contributed by atoms with Crippen LogP contribution in [0.2, 0.25) is 0 Å². The van der Waals surface area contributed by atoms with Gasteiger partial charge in [0.2, 0.25) is 5.91 Å². The van der Waals surface area contributed by atoms with Gasteiger partial charge in [0, 0.05) is 19.8 Å². The predicted molar refractivity (Wildman–Crippen MR) is 98.9 cm³/mol. The highest BCUT2D eigenvalue weighted by Crippen LogP contribution is 2.25. The van der Waals surface area contributed by atoms with E-state index in [-0.39, 0.29) is 25.0 Å². The fraction of sp³-hybridized carbons (Fsp3) is 0.263. The van der Waals surface area contributed by atoms with Gasteiger partial charge in [-0.2, -0.15) is 0 Å². The Hall–Kier alpha value is -3.09. The van der Waals surface area contributed by atoms with Gasteiger partial charge >= 0.3 is 0 Å². The number of hydrogen-bond donors (Lipinski definition) is 2. The van der Waals surface area contributed by atoms with Gasteiger partial charge in [-0.15, -0.1) is 0 Å². The highest BCUT2D eigenvalue weighted by Gasteiger charge is 2.10. The third-order valence-corrected chi connectivity index (χ3v) is 3.53. The summed E-state index contributed by atoms with van der Waals surface area (Å²) in [7, 11) is 3.30. The number of nitrogens with zero attached hydrogens (tertiary/aromatic N) is 1. The van der Waals surface area contributed by atoms with E-state index in [1.54, 1.807) is 32.3 Å². The van der Waals surface area contributed by atoms with Crippen molar-refractivity contribution in [2.24, 2.45) is 0 Å². The second kappa shape index (κ2) is 8.84. The average Bonchev–Trinajstić information content (AvgIpc) is 2.58. The third kappa shape index (κ3) is 5.77. The predicted octanol–water partition coefficient (Wildman–Crippen LogP) is 2.65. The lowest BCUT2D eigenvalue weighted by Crippen LogP contribution is -2.28. The molecule has 0 aromatic heterocycles. The molecule has 0 aliphatic carbocycles. The van der Waals surface area contributed by atoms with Crippen LogP contribution in [0.1, 0.15) is 5.56 Å². The van der Waals surface area contributed by atoms with Crippen LogP contribution in [0.3, 0.4) is 0 Å². The maximum Gasteiger partial charge on any atom is 0.259 e. The molecule has 7 heteroatoms.